The summed E-state index contributed by atoms with van der Waals surface area (Å²) in [6.45, 7) is 0. The number of hydrazine groups is 2. The van der Waals surface area contributed by atoms with Crippen molar-refractivity contribution in [3.63, 3.8) is 0 Å². The van der Waals surface area contributed by atoms with Crippen molar-refractivity contribution in [2.24, 2.45) is 0 Å². The highest BCUT2D eigenvalue weighted by Crippen LogP contribution is 2.56. The lowest BCUT2D eigenvalue weighted by molar-refractivity contribution is 0.504. The maximum absolute atomic E-state index is 5.18. The molecular weight excluding hydrogens is 665 g/mol. The molecule has 232 valence electrons. The van der Waals surface area contributed by atoms with Gasteiger partial charge in [-0.2, -0.15) is 14.6 Å². The average Bonchev–Trinajstić information content (AvgIpc) is 3.99. The standard InChI is InChI=1S/C31H20N14S3/c1-2-7-22-20(5-1)40-30(48-22)45-43(24-8-17-47-42-24)26(21-6-3-11-39-41-21)25(27-34-9-4-10-35-27)31(28-36-14-15-37-28,23-19-32-12-13-33-23)44(45)29-38-16-18-46-29/h1-19H,(H,36,37). The first kappa shape index (κ1) is 28.2. The number of hydrogen-bond acceptors (Lipinski definition) is 16. The van der Waals surface area contributed by atoms with Crippen LogP contribution in [0.15, 0.2) is 115 Å². The van der Waals surface area contributed by atoms with Gasteiger partial charge in [0.1, 0.15) is 17.2 Å². The van der Waals surface area contributed by atoms with Crippen LogP contribution in [-0.4, -0.2) is 54.4 Å². The van der Waals surface area contributed by atoms with E-state index in [0.717, 1.165) is 10.2 Å². The van der Waals surface area contributed by atoms with Crippen LogP contribution in [0.1, 0.15) is 23.0 Å². The van der Waals surface area contributed by atoms with E-state index in [1.54, 1.807) is 61.8 Å². The number of nitrogens with one attached hydrogen (secondary N) is 1. The van der Waals surface area contributed by atoms with Crippen LogP contribution in [0.4, 0.5) is 16.1 Å². The summed E-state index contributed by atoms with van der Waals surface area (Å²) in [6.07, 6.45) is 15.3. The molecule has 0 saturated carbocycles. The molecule has 0 spiro atoms. The molecule has 0 amide bonds. The predicted octanol–water partition coefficient (Wildman–Crippen LogP) is 5.48. The number of thiazole rings is 2. The fourth-order valence-corrected chi connectivity index (χ4v) is 7.90. The minimum atomic E-state index is -1.44. The Morgan fingerprint density at radius 1 is 0.771 bits per heavy atom. The summed E-state index contributed by atoms with van der Waals surface area (Å²) in [5.41, 5.74) is 1.60. The molecule has 0 bridgehead atoms. The van der Waals surface area contributed by atoms with Crippen LogP contribution in [0.3, 0.4) is 0 Å². The van der Waals surface area contributed by atoms with Crippen LogP contribution in [0.5, 0.6) is 0 Å². The average molecular weight is 685 g/mol. The van der Waals surface area contributed by atoms with Gasteiger partial charge in [-0.25, -0.2) is 34.9 Å². The van der Waals surface area contributed by atoms with E-state index in [1.807, 2.05) is 68.4 Å². The van der Waals surface area contributed by atoms with Gasteiger partial charge in [-0.05, 0) is 47.9 Å². The number of nitrogens with zero attached hydrogens (tertiary/aromatic N) is 13. The molecule has 14 nitrogen and oxygen atoms in total. The Hall–Kier alpha value is -6.04. The largest absolute Gasteiger partial charge is 0.346 e. The monoisotopic (exact) mass is 684 g/mol. The van der Waals surface area contributed by atoms with Gasteiger partial charge in [-0.1, -0.05) is 23.5 Å². The molecule has 0 radical (unpaired) electrons. The second-order valence-electron chi connectivity index (χ2n) is 10.2. The maximum Gasteiger partial charge on any atom is 0.227 e. The summed E-state index contributed by atoms with van der Waals surface area (Å²) in [4.78, 5) is 37.6. The SMILES string of the molecule is c1cnc(C2=C(c3cccnn3)N(c3ccsn3)N(c3nc4ccccc4s3)N(c3nccs3)C2(c2cnccn2)c2ncc[nH]2)nc1. The topological polar surface area (TPSA) is 154 Å². The molecule has 1 aliphatic heterocycles. The van der Waals surface area contributed by atoms with Gasteiger partial charge in [0.25, 0.3) is 0 Å². The lowest BCUT2D eigenvalue weighted by Gasteiger charge is -2.55. The van der Waals surface area contributed by atoms with Crippen molar-refractivity contribution in [3.05, 3.63) is 138 Å². The first-order valence-electron chi connectivity index (χ1n) is 14.5. The van der Waals surface area contributed by atoms with Crippen molar-refractivity contribution in [2.45, 2.75) is 5.54 Å². The van der Waals surface area contributed by atoms with Crippen LogP contribution in [0.25, 0.3) is 21.5 Å². The van der Waals surface area contributed by atoms with Crippen LogP contribution in [0, 0.1) is 0 Å². The predicted molar refractivity (Wildman–Crippen MR) is 184 cm³/mol. The first-order valence-corrected chi connectivity index (χ1v) is 17.0. The molecule has 8 aromatic rings. The third-order valence-electron chi connectivity index (χ3n) is 7.58. The minimum absolute atomic E-state index is 0.394. The molecule has 1 unspecified atom stereocenters. The Balaban J connectivity index is 1.54. The van der Waals surface area contributed by atoms with Crippen molar-refractivity contribution < 1.29 is 0 Å². The Kier molecular flexibility index (Phi) is 6.84. The third-order valence-corrected chi connectivity index (χ3v) is 9.88. The molecule has 1 atom stereocenters. The molecule has 1 aromatic carbocycles. The minimum Gasteiger partial charge on any atom is -0.346 e. The molecule has 1 N–H and O–H groups in total. The summed E-state index contributed by atoms with van der Waals surface area (Å²) in [6, 6.07) is 15.5. The number of aromatic nitrogens is 11. The van der Waals surface area contributed by atoms with E-state index in [9.17, 15) is 0 Å². The fourth-order valence-electron chi connectivity index (χ4n) is 5.78. The number of fused-ring (bicyclic) bond motifs is 1. The molecule has 7 aromatic heterocycles. The lowest BCUT2D eigenvalue weighted by Crippen LogP contribution is -2.67. The van der Waals surface area contributed by atoms with Gasteiger partial charge in [0.05, 0.1) is 27.7 Å². The van der Waals surface area contributed by atoms with Gasteiger partial charge in [-0.15, -0.1) is 16.4 Å². The normalized spacial score (nSPS) is 16.6. The zero-order chi connectivity index (χ0) is 31.9. The van der Waals surface area contributed by atoms with Gasteiger partial charge in [0.15, 0.2) is 17.2 Å². The number of aromatic amines is 1. The smallest absolute Gasteiger partial charge is 0.227 e. The zero-order valence-corrected chi connectivity index (χ0v) is 27.0. The summed E-state index contributed by atoms with van der Waals surface area (Å²) in [7, 11) is 0. The van der Waals surface area contributed by atoms with E-state index >= 15 is 0 Å². The van der Waals surface area contributed by atoms with E-state index in [0.29, 0.717) is 50.4 Å². The van der Waals surface area contributed by atoms with Crippen molar-refractivity contribution in [1.29, 1.82) is 0 Å². The summed E-state index contributed by atoms with van der Waals surface area (Å²) < 4.78 is 5.85. The highest BCUT2D eigenvalue weighted by atomic mass is 32.1. The lowest BCUT2D eigenvalue weighted by atomic mass is 9.80. The van der Waals surface area contributed by atoms with Crippen molar-refractivity contribution in [1.82, 2.24) is 54.4 Å². The number of rotatable bonds is 7. The number of imidazole rings is 1. The zero-order valence-electron chi connectivity index (χ0n) is 24.5. The Morgan fingerprint density at radius 3 is 2.44 bits per heavy atom. The summed E-state index contributed by atoms with van der Waals surface area (Å²) in [5.74, 6) is 1.50. The van der Waals surface area contributed by atoms with Crippen LogP contribution < -0.4 is 15.1 Å². The second kappa shape index (κ2) is 11.6. The molecule has 48 heavy (non-hydrogen) atoms. The van der Waals surface area contributed by atoms with Gasteiger partial charge < -0.3 is 4.98 Å². The summed E-state index contributed by atoms with van der Waals surface area (Å²) >= 11 is 4.29. The van der Waals surface area contributed by atoms with Gasteiger partial charge >= 0.3 is 0 Å². The van der Waals surface area contributed by atoms with Gasteiger partial charge in [-0.3, -0.25) is 9.97 Å². The maximum atomic E-state index is 5.18. The molecule has 8 heterocycles. The van der Waals surface area contributed by atoms with Crippen LogP contribution in [0.2, 0.25) is 0 Å². The molecule has 0 fully saturated rings. The number of para-hydroxylation sites is 1. The number of hydrogen-bond donors (Lipinski definition) is 1. The van der Waals surface area contributed by atoms with Crippen molar-refractivity contribution in [2.75, 3.05) is 15.1 Å². The van der Waals surface area contributed by atoms with E-state index in [2.05, 4.69) is 20.2 Å². The Morgan fingerprint density at radius 2 is 1.71 bits per heavy atom. The number of H-pyrrole nitrogens is 1. The molecule has 9 rings (SSSR count). The van der Waals surface area contributed by atoms with E-state index in [1.165, 1.54) is 34.2 Å². The second-order valence-corrected chi connectivity index (χ2v) is 12.7. The van der Waals surface area contributed by atoms with E-state index in [4.69, 9.17) is 34.3 Å². The molecular formula is C31H20N14S3. The molecule has 17 heteroatoms. The molecule has 0 saturated heterocycles. The van der Waals surface area contributed by atoms with E-state index in [-0.39, 0.29) is 0 Å². The van der Waals surface area contributed by atoms with Gasteiger partial charge in [0, 0.05) is 60.3 Å². The van der Waals surface area contributed by atoms with E-state index < -0.39 is 5.54 Å². The fraction of sp³-hybridized carbons (Fsp3) is 0.0323. The van der Waals surface area contributed by atoms with Gasteiger partial charge in [0.2, 0.25) is 10.3 Å². The Labute approximate surface area is 284 Å². The molecule has 0 aliphatic carbocycles. The van der Waals surface area contributed by atoms with Crippen LogP contribution >= 0.6 is 34.2 Å². The Bertz CT molecular complexity index is 2280. The van der Waals surface area contributed by atoms with Crippen molar-refractivity contribution in [3.8, 4) is 0 Å². The highest BCUT2D eigenvalue weighted by molar-refractivity contribution is 7.22. The number of benzene rings is 1. The molecule has 1 aliphatic rings. The van der Waals surface area contributed by atoms with Crippen LogP contribution in [-0.2, 0) is 5.54 Å². The van der Waals surface area contributed by atoms with Crippen molar-refractivity contribution >= 4 is 71.8 Å². The quantitative estimate of drug-likeness (QED) is 0.226. The summed E-state index contributed by atoms with van der Waals surface area (Å²) in [5, 5.41) is 20.0. The number of anilines is 3. The first-order chi connectivity index (χ1) is 23.8. The highest BCUT2D eigenvalue weighted by Gasteiger charge is 2.60. The third kappa shape index (κ3) is 4.36.